The Hall–Kier alpha value is -2.38. The number of benzene rings is 2. The van der Waals surface area contributed by atoms with Crippen LogP contribution in [0.2, 0.25) is 0 Å². The van der Waals surface area contributed by atoms with Gasteiger partial charge in [0.05, 0.1) is 6.61 Å². The van der Waals surface area contributed by atoms with Gasteiger partial charge in [0.15, 0.2) is 5.16 Å². The van der Waals surface area contributed by atoms with Gasteiger partial charge in [-0.1, -0.05) is 42.1 Å². The van der Waals surface area contributed by atoms with Crippen molar-refractivity contribution >= 4 is 11.8 Å². The third-order valence-electron chi connectivity index (χ3n) is 4.17. The van der Waals surface area contributed by atoms with Crippen LogP contribution in [0.1, 0.15) is 29.9 Å². The predicted molar refractivity (Wildman–Crippen MR) is 96.3 cm³/mol. The lowest BCUT2D eigenvalue weighted by molar-refractivity contribution is -0.112. The van der Waals surface area contributed by atoms with Crippen molar-refractivity contribution in [2.24, 2.45) is 0 Å². The van der Waals surface area contributed by atoms with Crippen molar-refractivity contribution in [2.75, 3.05) is 0 Å². The monoisotopic (exact) mass is 371 g/mol. The van der Waals surface area contributed by atoms with Crippen LogP contribution >= 0.6 is 11.8 Å². The minimum absolute atomic E-state index is 0.290. The molecule has 2 heterocycles. The number of fused-ring (bicyclic) bond motifs is 1. The maximum atomic E-state index is 14.0. The molecule has 1 unspecified atom stereocenters. The first-order valence-electron chi connectivity index (χ1n) is 8.39. The lowest BCUT2D eigenvalue weighted by atomic mass is 10.1. The van der Waals surface area contributed by atoms with Gasteiger partial charge in [0.1, 0.15) is 17.9 Å². The molecule has 0 saturated heterocycles. The Morgan fingerprint density at radius 2 is 2.12 bits per heavy atom. The molecule has 3 aromatic rings. The molecule has 5 nitrogen and oxygen atoms in total. The highest BCUT2D eigenvalue weighted by molar-refractivity contribution is 7.98. The summed E-state index contributed by atoms with van der Waals surface area (Å²) >= 11 is 1.51. The van der Waals surface area contributed by atoms with E-state index in [1.807, 2.05) is 41.8 Å². The highest BCUT2D eigenvalue weighted by Gasteiger charge is 2.25. The van der Waals surface area contributed by atoms with Crippen molar-refractivity contribution in [2.45, 2.75) is 37.3 Å². The van der Waals surface area contributed by atoms with Crippen molar-refractivity contribution < 1.29 is 13.9 Å². The smallest absolute Gasteiger partial charge is 0.227 e. The summed E-state index contributed by atoms with van der Waals surface area (Å²) in [6.07, 6.45) is 1.20. The zero-order chi connectivity index (χ0) is 17.9. The molecule has 0 radical (unpaired) electrons. The lowest BCUT2D eigenvalue weighted by Gasteiger charge is -2.28. The van der Waals surface area contributed by atoms with Crippen LogP contribution in [-0.2, 0) is 23.6 Å². The van der Waals surface area contributed by atoms with Crippen molar-refractivity contribution in [3.63, 3.8) is 0 Å². The molecule has 4 rings (SSSR count). The van der Waals surface area contributed by atoms with E-state index < -0.39 is 6.29 Å². The van der Waals surface area contributed by atoms with Gasteiger partial charge in [0.2, 0.25) is 6.29 Å². The highest BCUT2D eigenvalue weighted by Crippen LogP contribution is 2.38. The molecule has 7 heteroatoms. The Labute approximate surface area is 155 Å². The van der Waals surface area contributed by atoms with E-state index >= 15 is 0 Å². The third kappa shape index (κ3) is 3.45. The second kappa shape index (κ2) is 7.47. The Morgan fingerprint density at radius 1 is 1.27 bits per heavy atom. The highest BCUT2D eigenvalue weighted by atomic mass is 32.2. The molecule has 1 atom stereocenters. The Kier molecular flexibility index (Phi) is 4.90. The number of nitrogens with zero attached hydrogens (tertiary/aromatic N) is 3. The zero-order valence-electron chi connectivity index (χ0n) is 14.3. The van der Waals surface area contributed by atoms with E-state index in [4.69, 9.17) is 9.47 Å². The molecule has 1 aromatic heterocycles. The SMILES string of the molecule is CCn1cnnc1SCc1cc(F)cc2c1OC(c1ccccc1)OC2. The molecule has 0 saturated carbocycles. The molecule has 0 fully saturated rings. The van der Waals surface area contributed by atoms with E-state index in [2.05, 4.69) is 10.2 Å². The fourth-order valence-electron chi connectivity index (χ4n) is 2.87. The largest absolute Gasteiger partial charge is 0.460 e. The van der Waals surface area contributed by atoms with Gasteiger partial charge in [-0.3, -0.25) is 0 Å². The van der Waals surface area contributed by atoms with Crippen LogP contribution in [-0.4, -0.2) is 14.8 Å². The van der Waals surface area contributed by atoms with E-state index in [9.17, 15) is 4.39 Å². The van der Waals surface area contributed by atoms with E-state index in [-0.39, 0.29) is 5.82 Å². The fraction of sp³-hybridized carbons (Fsp3) is 0.263. The molecule has 1 aliphatic rings. The minimum atomic E-state index is -0.489. The Morgan fingerprint density at radius 3 is 2.92 bits per heavy atom. The summed E-state index contributed by atoms with van der Waals surface area (Å²) in [4.78, 5) is 0. The second-order valence-electron chi connectivity index (χ2n) is 5.91. The Balaban J connectivity index is 1.59. The number of thioether (sulfide) groups is 1. The van der Waals surface area contributed by atoms with Crippen LogP contribution in [0.25, 0.3) is 0 Å². The van der Waals surface area contributed by atoms with Crippen LogP contribution in [0.4, 0.5) is 4.39 Å². The predicted octanol–water partition coefficient (Wildman–Crippen LogP) is 4.34. The van der Waals surface area contributed by atoms with Crippen LogP contribution in [0.3, 0.4) is 0 Å². The number of ether oxygens (including phenoxy) is 2. The topological polar surface area (TPSA) is 49.2 Å². The van der Waals surface area contributed by atoms with Gasteiger partial charge < -0.3 is 14.0 Å². The average molecular weight is 371 g/mol. The summed E-state index contributed by atoms with van der Waals surface area (Å²) in [5.74, 6) is 0.948. The van der Waals surface area contributed by atoms with Crippen molar-refractivity contribution in [1.29, 1.82) is 0 Å². The molecular weight excluding hydrogens is 353 g/mol. The van der Waals surface area contributed by atoms with Crippen LogP contribution in [0, 0.1) is 5.82 Å². The van der Waals surface area contributed by atoms with E-state index in [1.54, 1.807) is 6.33 Å². The van der Waals surface area contributed by atoms with Crippen molar-refractivity contribution in [3.05, 3.63) is 71.3 Å². The van der Waals surface area contributed by atoms with Crippen LogP contribution in [0.15, 0.2) is 53.9 Å². The molecule has 2 aromatic carbocycles. The number of halogens is 1. The number of aryl methyl sites for hydroxylation is 1. The summed E-state index contributed by atoms with van der Waals surface area (Å²) in [6, 6.07) is 12.7. The van der Waals surface area contributed by atoms with Gasteiger partial charge in [-0.05, 0) is 19.1 Å². The van der Waals surface area contributed by atoms with E-state index in [0.717, 1.165) is 28.4 Å². The van der Waals surface area contributed by atoms with Crippen molar-refractivity contribution in [3.8, 4) is 5.75 Å². The number of hydrogen-bond donors (Lipinski definition) is 0. The van der Waals surface area contributed by atoms with Gasteiger partial charge in [-0.25, -0.2) is 4.39 Å². The molecule has 0 N–H and O–H groups in total. The molecule has 0 aliphatic carbocycles. The standard InChI is InChI=1S/C19H18FN3O2S/c1-2-23-12-21-22-19(23)26-11-15-9-16(20)8-14-10-24-18(25-17(14)15)13-6-4-3-5-7-13/h3-9,12,18H,2,10-11H2,1H3. The maximum absolute atomic E-state index is 14.0. The van der Waals surface area contributed by atoms with Crippen molar-refractivity contribution in [1.82, 2.24) is 14.8 Å². The first-order chi connectivity index (χ1) is 12.7. The third-order valence-corrected chi connectivity index (χ3v) is 5.20. The molecule has 134 valence electrons. The summed E-state index contributed by atoms with van der Waals surface area (Å²) in [5.41, 5.74) is 2.46. The summed E-state index contributed by atoms with van der Waals surface area (Å²) in [5, 5.41) is 8.85. The lowest BCUT2D eigenvalue weighted by Crippen LogP contribution is -2.19. The average Bonchev–Trinajstić information content (AvgIpc) is 3.14. The van der Waals surface area contributed by atoms with Gasteiger partial charge in [0, 0.05) is 29.0 Å². The summed E-state index contributed by atoms with van der Waals surface area (Å²) in [7, 11) is 0. The maximum Gasteiger partial charge on any atom is 0.227 e. The normalized spacial score (nSPS) is 16.2. The molecule has 1 aliphatic heterocycles. The number of aromatic nitrogens is 3. The quantitative estimate of drug-likeness (QED) is 0.625. The van der Waals surface area contributed by atoms with Crippen LogP contribution < -0.4 is 4.74 Å². The summed E-state index contributed by atoms with van der Waals surface area (Å²) in [6.45, 7) is 3.13. The molecule has 0 spiro atoms. The first-order valence-corrected chi connectivity index (χ1v) is 9.38. The number of hydrogen-bond acceptors (Lipinski definition) is 5. The molecular formula is C19H18FN3O2S. The second-order valence-corrected chi connectivity index (χ2v) is 6.86. The minimum Gasteiger partial charge on any atom is -0.460 e. The molecule has 0 bridgehead atoms. The van der Waals surface area contributed by atoms with Gasteiger partial charge in [0.25, 0.3) is 0 Å². The molecule has 26 heavy (non-hydrogen) atoms. The fourth-order valence-corrected chi connectivity index (χ4v) is 3.82. The zero-order valence-corrected chi connectivity index (χ0v) is 15.1. The number of rotatable bonds is 5. The molecule has 0 amide bonds. The van der Waals surface area contributed by atoms with Gasteiger partial charge in [-0.2, -0.15) is 0 Å². The van der Waals surface area contributed by atoms with Gasteiger partial charge >= 0.3 is 0 Å². The first kappa shape index (κ1) is 17.1. The van der Waals surface area contributed by atoms with Gasteiger partial charge in [-0.15, -0.1) is 10.2 Å². The van der Waals surface area contributed by atoms with Crippen LogP contribution in [0.5, 0.6) is 5.75 Å². The van der Waals surface area contributed by atoms with E-state index in [1.165, 1.54) is 23.9 Å². The Bertz CT molecular complexity index is 901. The summed E-state index contributed by atoms with van der Waals surface area (Å²) < 4.78 is 27.8. The van der Waals surface area contributed by atoms with E-state index in [0.29, 0.717) is 18.1 Å².